The van der Waals surface area contributed by atoms with Gasteiger partial charge < -0.3 is 10.1 Å². The lowest BCUT2D eigenvalue weighted by molar-refractivity contribution is 0.337. The lowest BCUT2D eigenvalue weighted by Gasteiger charge is -2.13. The summed E-state index contributed by atoms with van der Waals surface area (Å²) in [5.74, 6) is 0.952. The SMILES string of the molecule is CCOc1ccc(S(=O)(=O)NCC(C)CNC)cc1C. The molecule has 0 aliphatic heterocycles. The van der Waals surface area contributed by atoms with Crippen molar-refractivity contribution in [1.29, 1.82) is 0 Å². The lowest BCUT2D eigenvalue weighted by atomic mass is 10.2. The summed E-state index contributed by atoms with van der Waals surface area (Å²) in [6.07, 6.45) is 0. The Hall–Kier alpha value is -1.11. The second-order valence-electron chi connectivity index (χ2n) is 4.88. The molecule has 0 heterocycles. The monoisotopic (exact) mass is 300 g/mol. The van der Waals surface area contributed by atoms with E-state index in [-0.39, 0.29) is 10.8 Å². The molecule has 20 heavy (non-hydrogen) atoms. The number of nitrogens with one attached hydrogen (secondary N) is 2. The van der Waals surface area contributed by atoms with Gasteiger partial charge in [-0.1, -0.05) is 6.92 Å². The highest BCUT2D eigenvalue weighted by atomic mass is 32.2. The van der Waals surface area contributed by atoms with E-state index in [4.69, 9.17) is 4.74 Å². The Morgan fingerprint density at radius 2 is 2.00 bits per heavy atom. The van der Waals surface area contributed by atoms with Crippen molar-refractivity contribution in [3.8, 4) is 5.75 Å². The van der Waals surface area contributed by atoms with Gasteiger partial charge in [0.05, 0.1) is 11.5 Å². The van der Waals surface area contributed by atoms with Crippen LogP contribution in [0, 0.1) is 12.8 Å². The first-order valence-corrected chi connectivity index (χ1v) is 8.26. The van der Waals surface area contributed by atoms with Crippen LogP contribution in [-0.4, -0.2) is 35.2 Å². The van der Waals surface area contributed by atoms with Gasteiger partial charge in [-0.2, -0.15) is 0 Å². The molecule has 0 spiro atoms. The molecule has 0 aromatic heterocycles. The summed E-state index contributed by atoms with van der Waals surface area (Å²) in [7, 11) is -1.61. The molecule has 0 aliphatic carbocycles. The molecule has 1 aromatic carbocycles. The fourth-order valence-electron chi connectivity index (χ4n) is 1.86. The molecule has 1 unspecified atom stereocenters. The zero-order valence-corrected chi connectivity index (χ0v) is 13.4. The molecule has 114 valence electrons. The first-order valence-electron chi connectivity index (χ1n) is 6.78. The molecule has 0 saturated carbocycles. The first kappa shape index (κ1) is 16.9. The van der Waals surface area contributed by atoms with E-state index in [2.05, 4.69) is 10.0 Å². The van der Waals surface area contributed by atoms with Crippen LogP contribution >= 0.6 is 0 Å². The minimum absolute atomic E-state index is 0.235. The third-order valence-corrected chi connectivity index (χ3v) is 4.35. The third-order valence-electron chi connectivity index (χ3n) is 2.93. The Morgan fingerprint density at radius 3 is 2.55 bits per heavy atom. The van der Waals surface area contributed by atoms with E-state index >= 15 is 0 Å². The van der Waals surface area contributed by atoms with Crippen molar-refractivity contribution >= 4 is 10.0 Å². The van der Waals surface area contributed by atoms with Crippen molar-refractivity contribution in [1.82, 2.24) is 10.0 Å². The minimum atomic E-state index is -3.46. The van der Waals surface area contributed by atoms with Crippen LogP contribution in [0.1, 0.15) is 19.4 Å². The van der Waals surface area contributed by atoms with Crippen LogP contribution in [0.5, 0.6) is 5.75 Å². The van der Waals surface area contributed by atoms with Gasteiger partial charge in [0.1, 0.15) is 5.75 Å². The number of rotatable bonds is 8. The molecule has 0 saturated heterocycles. The maximum absolute atomic E-state index is 12.2. The van der Waals surface area contributed by atoms with Crippen molar-refractivity contribution in [2.45, 2.75) is 25.7 Å². The molecular weight excluding hydrogens is 276 g/mol. The number of aryl methyl sites for hydroxylation is 1. The van der Waals surface area contributed by atoms with Gasteiger partial charge in [0.25, 0.3) is 0 Å². The Kier molecular flexibility index (Phi) is 6.45. The predicted octanol–water partition coefficient (Wildman–Crippen LogP) is 1.53. The van der Waals surface area contributed by atoms with Crippen LogP contribution in [0.3, 0.4) is 0 Å². The second-order valence-corrected chi connectivity index (χ2v) is 6.64. The third kappa shape index (κ3) is 4.77. The van der Waals surface area contributed by atoms with Gasteiger partial charge >= 0.3 is 0 Å². The molecule has 2 N–H and O–H groups in total. The van der Waals surface area contributed by atoms with Gasteiger partial charge in [-0.3, -0.25) is 0 Å². The quantitative estimate of drug-likeness (QED) is 0.764. The van der Waals surface area contributed by atoms with E-state index in [9.17, 15) is 8.42 Å². The molecule has 0 bridgehead atoms. The Balaban J connectivity index is 2.80. The zero-order valence-electron chi connectivity index (χ0n) is 12.6. The summed E-state index contributed by atoms with van der Waals surface area (Å²) in [6.45, 7) is 7.47. The zero-order chi connectivity index (χ0) is 15.2. The van der Waals surface area contributed by atoms with Gasteiger partial charge in [-0.15, -0.1) is 0 Å². The molecule has 0 aliphatic rings. The number of hydrogen-bond acceptors (Lipinski definition) is 4. The summed E-state index contributed by atoms with van der Waals surface area (Å²) < 4.78 is 32.4. The Labute approximate surface area is 121 Å². The fraction of sp³-hybridized carbons (Fsp3) is 0.571. The Bertz CT molecular complexity index is 529. The van der Waals surface area contributed by atoms with Gasteiger partial charge in [0, 0.05) is 6.54 Å². The summed E-state index contributed by atoms with van der Waals surface area (Å²) in [5.41, 5.74) is 0.818. The van der Waals surface area contributed by atoms with Gasteiger partial charge in [-0.05, 0) is 57.1 Å². The van der Waals surface area contributed by atoms with Crippen LogP contribution in [0.25, 0.3) is 0 Å². The molecular formula is C14H24N2O3S. The first-order chi connectivity index (χ1) is 9.40. The smallest absolute Gasteiger partial charge is 0.240 e. The summed E-state index contributed by atoms with van der Waals surface area (Å²) in [4.78, 5) is 0.273. The largest absolute Gasteiger partial charge is 0.494 e. The number of benzene rings is 1. The molecule has 0 amide bonds. The highest BCUT2D eigenvalue weighted by molar-refractivity contribution is 7.89. The van der Waals surface area contributed by atoms with Crippen LogP contribution in [0.2, 0.25) is 0 Å². The van der Waals surface area contributed by atoms with Crippen molar-refractivity contribution in [3.63, 3.8) is 0 Å². The van der Waals surface area contributed by atoms with E-state index in [1.165, 1.54) is 0 Å². The lowest BCUT2D eigenvalue weighted by Crippen LogP contribution is -2.32. The maximum atomic E-state index is 12.2. The van der Waals surface area contributed by atoms with Crippen LogP contribution < -0.4 is 14.8 Å². The van der Waals surface area contributed by atoms with Gasteiger partial charge in [0.2, 0.25) is 10.0 Å². The highest BCUT2D eigenvalue weighted by Gasteiger charge is 2.16. The molecule has 0 fully saturated rings. The molecule has 6 heteroatoms. The van der Waals surface area contributed by atoms with Gasteiger partial charge in [-0.25, -0.2) is 13.1 Å². The predicted molar refractivity (Wildman–Crippen MR) is 80.6 cm³/mol. The van der Waals surface area contributed by atoms with Crippen molar-refractivity contribution in [3.05, 3.63) is 23.8 Å². The van der Waals surface area contributed by atoms with E-state index in [0.717, 1.165) is 17.9 Å². The van der Waals surface area contributed by atoms with Gasteiger partial charge in [0.15, 0.2) is 0 Å². The van der Waals surface area contributed by atoms with E-state index in [1.807, 2.05) is 27.8 Å². The second kappa shape index (κ2) is 7.61. The van der Waals surface area contributed by atoms with Crippen molar-refractivity contribution in [2.24, 2.45) is 5.92 Å². The summed E-state index contributed by atoms with van der Waals surface area (Å²) in [6, 6.07) is 4.91. The average Bonchev–Trinajstić information content (AvgIpc) is 2.39. The van der Waals surface area contributed by atoms with Crippen LogP contribution in [0.4, 0.5) is 0 Å². The Morgan fingerprint density at radius 1 is 1.30 bits per heavy atom. The number of sulfonamides is 1. The van der Waals surface area contributed by atoms with Crippen molar-refractivity contribution in [2.75, 3.05) is 26.7 Å². The molecule has 1 aromatic rings. The molecule has 5 nitrogen and oxygen atoms in total. The normalized spacial score (nSPS) is 13.2. The fourth-order valence-corrected chi connectivity index (χ4v) is 3.11. The maximum Gasteiger partial charge on any atom is 0.240 e. The minimum Gasteiger partial charge on any atom is -0.494 e. The molecule has 0 radical (unpaired) electrons. The van der Waals surface area contributed by atoms with Crippen molar-refractivity contribution < 1.29 is 13.2 Å². The number of ether oxygens (including phenoxy) is 1. The van der Waals surface area contributed by atoms with E-state index in [1.54, 1.807) is 18.2 Å². The molecule has 1 rings (SSSR count). The topological polar surface area (TPSA) is 67.4 Å². The van der Waals surface area contributed by atoms with Crippen LogP contribution in [0.15, 0.2) is 23.1 Å². The van der Waals surface area contributed by atoms with E-state index < -0.39 is 10.0 Å². The summed E-state index contributed by atoms with van der Waals surface area (Å²) in [5, 5.41) is 3.02. The molecule has 1 atom stereocenters. The summed E-state index contributed by atoms with van der Waals surface area (Å²) >= 11 is 0. The number of hydrogen-bond donors (Lipinski definition) is 2. The van der Waals surface area contributed by atoms with E-state index in [0.29, 0.717) is 13.2 Å². The standard InChI is InChI=1S/C14H24N2O3S/c1-5-19-14-7-6-13(8-12(14)3)20(17,18)16-10-11(2)9-15-4/h6-8,11,15-16H,5,9-10H2,1-4H3. The average molecular weight is 300 g/mol. The van der Waals surface area contributed by atoms with Crippen LogP contribution in [-0.2, 0) is 10.0 Å². The highest BCUT2D eigenvalue weighted by Crippen LogP contribution is 2.21.